The highest BCUT2D eigenvalue weighted by molar-refractivity contribution is 9.10. The van der Waals surface area contributed by atoms with Gasteiger partial charge in [0.2, 0.25) is 5.82 Å². The van der Waals surface area contributed by atoms with Crippen molar-refractivity contribution in [1.29, 1.82) is 0 Å². The predicted molar refractivity (Wildman–Crippen MR) is 77.2 cm³/mol. The van der Waals surface area contributed by atoms with Gasteiger partial charge >= 0.3 is 0 Å². The van der Waals surface area contributed by atoms with E-state index in [4.69, 9.17) is 10.3 Å². The van der Waals surface area contributed by atoms with E-state index < -0.39 is 5.82 Å². The Labute approximate surface area is 126 Å². The van der Waals surface area contributed by atoms with Crippen LogP contribution in [-0.2, 0) is 0 Å². The summed E-state index contributed by atoms with van der Waals surface area (Å²) in [6.45, 7) is 0. The van der Waals surface area contributed by atoms with E-state index in [9.17, 15) is 8.78 Å². The Bertz CT molecular complexity index is 820. The number of nitrogen functional groups attached to an aromatic ring is 1. The molecule has 0 saturated carbocycles. The Balaban J connectivity index is 2.06. The van der Waals surface area contributed by atoms with Crippen LogP contribution in [0.4, 0.5) is 14.5 Å². The smallest absolute Gasteiger partial charge is 0.260 e. The van der Waals surface area contributed by atoms with Gasteiger partial charge in [-0.2, -0.15) is 4.98 Å². The van der Waals surface area contributed by atoms with Crippen LogP contribution >= 0.6 is 15.9 Å². The van der Waals surface area contributed by atoms with E-state index in [2.05, 4.69) is 26.1 Å². The lowest BCUT2D eigenvalue weighted by Gasteiger charge is -2.00. The summed E-state index contributed by atoms with van der Waals surface area (Å²) in [6.07, 6.45) is 0. The standard InChI is InChI=1S/C14H8BrF2N3O/c15-11-6-8(17)1-3-9(11)13-19-14(21-20-13)10-5-7(16)2-4-12(10)18/h1-6H,18H2. The van der Waals surface area contributed by atoms with Gasteiger partial charge in [0.1, 0.15) is 11.6 Å². The molecule has 0 bridgehead atoms. The van der Waals surface area contributed by atoms with E-state index in [0.717, 1.165) is 0 Å². The molecule has 0 aliphatic rings. The molecule has 106 valence electrons. The average molecular weight is 352 g/mol. The van der Waals surface area contributed by atoms with Crippen molar-refractivity contribution in [1.82, 2.24) is 10.1 Å². The van der Waals surface area contributed by atoms with E-state index in [1.54, 1.807) is 0 Å². The largest absolute Gasteiger partial charge is 0.398 e. The Morgan fingerprint density at radius 3 is 2.48 bits per heavy atom. The molecule has 2 aromatic carbocycles. The zero-order chi connectivity index (χ0) is 15.0. The van der Waals surface area contributed by atoms with Crippen LogP contribution in [0.3, 0.4) is 0 Å². The maximum Gasteiger partial charge on any atom is 0.260 e. The number of aromatic nitrogens is 2. The minimum atomic E-state index is -0.457. The molecule has 0 saturated heterocycles. The monoisotopic (exact) mass is 351 g/mol. The van der Waals surface area contributed by atoms with E-state index >= 15 is 0 Å². The zero-order valence-corrected chi connectivity index (χ0v) is 12.1. The summed E-state index contributed by atoms with van der Waals surface area (Å²) in [5.41, 5.74) is 6.96. The van der Waals surface area contributed by atoms with Gasteiger partial charge in [-0.05, 0) is 52.3 Å². The van der Waals surface area contributed by atoms with Crippen molar-refractivity contribution >= 4 is 21.6 Å². The summed E-state index contributed by atoms with van der Waals surface area (Å²) < 4.78 is 31.9. The minimum Gasteiger partial charge on any atom is -0.398 e. The third-order valence-corrected chi connectivity index (χ3v) is 3.50. The fourth-order valence-corrected chi connectivity index (χ4v) is 2.35. The predicted octanol–water partition coefficient (Wildman–Crippen LogP) is 4.03. The molecule has 4 nitrogen and oxygen atoms in total. The molecule has 0 amide bonds. The van der Waals surface area contributed by atoms with Gasteiger partial charge < -0.3 is 10.3 Å². The van der Waals surface area contributed by atoms with Crippen LogP contribution in [0.2, 0.25) is 0 Å². The Kier molecular flexibility index (Phi) is 3.42. The first-order valence-electron chi connectivity index (χ1n) is 5.89. The van der Waals surface area contributed by atoms with Gasteiger partial charge in [0, 0.05) is 15.7 Å². The molecule has 21 heavy (non-hydrogen) atoms. The molecule has 3 rings (SSSR count). The van der Waals surface area contributed by atoms with Gasteiger partial charge in [0.25, 0.3) is 5.89 Å². The highest BCUT2D eigenvalue weighted by Gasteiger charge is 2.15. The Hall–Kier alpha value is -2.28. The number of hydrogen-bond donors (Lipinski definition) is 1. The third kappa shape index (κ3) is 2.64. The highest BCUT2D eigenvalue weighted by atomic mass is 79.9. The number of rotatable bonds is 2. The summed E-state index contributed by atoms with van der Waals surface area (Å²) in [7, 11) is 0. The average Bonchev–Trinajstić information content (AvgIpc) is 2.91. The van der Waals surface area contributed by atoms with E-state index in [0.29, 0.717) is 21.3 Å². The lowest BCUT2D eigenvalue weighted by Crippen LogP contribution is -1.91. The topological polar surface area (TPSA) is 64.9 Å². The molecule has 1 heterocycles. The fourth-order valence-electron chi connectivity index (χ4n) is 1.83. The van der Waals surface area contributed by atoms with Gasteiger partial charge in [0.15, 0.2) is 0 Å². The molecular formula is C14H8BrF2N3O. The van der Waals surface area contributed by atoms with Crippen molar-refractivity contribution < 1.29 is 13.3 Å². The second kappa shape index (κ2) is 5.25. The normalized spacial score (nSPS) is 10.8. The van der Waals surface area contributed by atoms with Crippen molar-refractivity contribution in [2.75, 3.05) is 5.73 Å². The molecule has 0 atom stereocenters. The quantitative estimate of drug-likeness (QED) is 0.708. The Morgan fingerprint density at radius 2 is 1.71 bits per heavy atom. The van der Waals surface area contributed by atoms with E-state index in [-0.39, 0.29) is 17.5 Å². The van der Waals surface area contributed by atoms with Crippen LogP contribution in [0.15, 0.2) is 45.4 Å². The van der Waals surface area contributed by atoms with Crippen LogP contribution in [0.5, 0.6) is 0 Å². The summed E-state index contributed by atoms with van der Waals surface area (Å²) in [4.78, 5) is 4.17. The molecule has 0 unspecified atom stereocenters. The molecule has 1 aromatic heterocycles. The number of anilines is 1. The summed E-state index contributed by atoms with van der Waals surface area (Å²) in [5.74, 6) is -0.496. The lowest BCUT2D eigenvalue weighted by atomic mass is 10.1. The number of nitrogens with two attached hydrogens (primary N) is 1. The van der Waals surface area contributed by atoms with Crippen LogP contribution in [0.25, 0.3) is 22.8 Å². The molecule has 2 N–H and O–H groups in total. The summed E-state index contributed by atoms with van der Waals surface area (Å²) >= 11 is 3.23. The highest BCUT2D eigenvalue weighted by Crippen LogP contribution is 2.30. The van der Waals surface area contributed by atoms with Crippen LogP contribution in [0, 0.1) is 11.6 Å². The van der Waals surface area contributed by atoms with E-state index in [1.807, 2.05) is 0 Å². The van der Waals surface area contributed by atoms with Crippen LogP contribution in [0.1, 0.15) is 0 Å². The minimum absolute atomic E-state index is 0.0956. The van der Waals surface area contributed by atoms with E-state index in [1.165, 1.54) is 36.4 Å². The molecule has 0 fully saturated rings. The maximum absolute atomic E-state index is 13.3. The molecule has 0 aliphatic carbocycles. The van der Waals surface area contributed by atoms with Crippen molar-refractivity contribution in [3.05, 3.63) is 52.5 Å². The lowest BCUT2D eigenvalue weighted by molar-refractivity contribution is 0.432. The molecular weight excluding hydrogens is 344 g/mol. The first-order chi connectivity index (χ1) is 10.0. The number of halogens is 3. The van der Waals surface area contributed by atoms with Crippen molar-refractivity contribution in [2.24, 2.45) is 0 Å². The number of benzene rings is 2. The van der Waals surface area contributed by atoms with Crippen molar-refractivity contribution in [3.63, 3.8) is 0 Å². The van der Waals surface area contributed by atoms with Crippen LogP contribution in [-0.4, -0.2) is 10.1 Å². The van der Waals surface area contributed by atoms with Gasteiger partial charge in [-0.3, -0.25) is 0 Å². The first-order valence-corrected chi connectivity index (χ1v) is 6.68. The second-order valence-electron chi connectivity index (χ2n) is 4.28. The maximum atomic E-state index is 13.3. The van der Waals surface area contributed by atoms with Crippen molar-refractivity contribution in [3.8, 4) is 22.8 Å². The van der Waals surface area contributed by atoms with Crippen LogP contribution < -0.4 is 5.73 Å². The molecule has 0 aliphatic heterocycles. The van der Waals surface area contributed by atoms with Crippen molar-refractivity contribution in [2.45, 2.75) is 0 Å². The summed E-state index contributed by atoms with van der Waals surface area (Å²) in [5, 5.41) is 3.81. The van der Waals surface area contributed by atoms with Gasteiger partial charge in [-0.15, -0.1) is 0 Å². The second-order valence-corrected chi connectivity index (χ2v) is 5.13. The van der Waals surface area contributed by atoms with Gasteiger partial charge in [-0.1, -0.05) is 5.16 Å². The first kappa shape index (κ1) is 13.7. The number of hydrogen-bond acceptors (Lipinski definition) is 4. The molecule has 0 spiro atoms. The van der Waals surface area contributed by atoms with Gasteiger partial charge in [-0.25, -0.2) is 8.78 Å². The third-order valence-electron chi connectivity index (χ3n) is 2.84. The van der Waals surface area contributed by atoms with Gasteiger partial charge in [0.05, 0.1) is 5.56 Å². The molecule has 7 heteroatoms. The Morgan fingerprint density at radius 1 is 1.00 bits per heavy atom. The SMILES string of the molecule is Nc1ccc(F)cc1-c1nc(-c2ccc(F)cc2Br)no1. The zero-order valence-electron chi connectivity index (χ0n) is 10.5. The number of nitrogens with zero attached hydrogens (tertiary/aromatic N) is 2. The molecule has 3 aromatic rings. The summed E-state index contributed by atoms with van der Waals surface area (Å²) in [6, 6.07) is 7.97. The fraction of sp³-hybridized carbons (Fsp3) is 0. The molecule has 0 radical (unpaired) electrons.